The standard InChI is InChI=1S/C20H21FN2O2/c1-2-3-13-20(16-9-11-17(21)12-10-16)18(24)23(19(25)22-20)14-15-7-5-4-6-8-15/h4-12H,2-3,13-14H2,1H3,(H,22,25). The number of amides is 3. The zero-order valence-electron chi connectivity index (χ0n) is 14.2. The highest BCUT2D eigenvalue weighted by Gasteiger charge is 2.51. The van der Waals surface area contributed by atoms with Gasteiger partial charge in [-0.2, -0.15) is 0 Å². The summed E-state index contributed by atoms with van der Waals surface area (Å²) in [5.74, 6) is -0.645. The van der Waals surface area contributed by atoms with E-state index in [0.717, 1.165) is 18.4 Å². The van der Waals surface area contributed by atoms with E-state index in [-0.39, 0.29) is 18.3 Å². The lowest BCUT2D eigenvalue weighted by Gasteiger charge is -2.27. The van der Waals surface area contributed by atoms with Gasteiger partial charge in [0.15, 0.2) is 0 Å². The van der Waals surface area contributed by atoms with Gasteiger partial charge in [0, 0.05) is 0 Å². The number of nitrogens with zero attached hydrogens (tertiary/aromatic N) is 1. The molecule has 3 rings (SSSR count). The molecule has 25 heavy (non-hydrogen) atoms. The molecule has 1 atom stereocenters. The molecule has 3 amide bonds. The summed E-state index contributed by atoms with van der Waals surface area (Å²) in [5, 5.41) is 2.87. The Morgan fingerprint density at radius 2 is 1.72 bits per heavy atom. The maximum atomic E-state index is 13.3. The van der Waals surface area contributed by atoms with E-state index in [1.54, 1.807) is 12.1 Å². The first-order valence-corrected chi connectivity index (χ1v) is 8.51. The zero-order valence-corrected chi connectivity index (χ0v) is 14.2. The summed E-state index contributed by atoms with van der Waals surface area (Å²) < 4.78 is 13.3. The highest BCUT2D eigenvalue weighted by molar-refractivity contribution is 6.07. The predicted molar refractivity (Wildman–Crippen MR) is 93.1 cm³/mol. The molecule has 0 saturated carbocycles. The molecule has 0 bridgehead atoms. The lowest BCUT2D eigenvalue weighted by molar-refractivity contribution is -0.132. The average Bonchev–Trinajstić information content (AvgIpc) is 2.87. The second-order valence-corrected chi connectivity index (χ2v) is 6.32. The number of urea groups is 1. The maximum absolute atomic E-state index is 13.3. The topological polar surface area (TPSA) is 49.4 Å². The van der Waals surface area contributed by atoms with Crippen LogP contribution in [0.4, 0.5) is 9.18 Å². The minimum atomic E-state index is -1.12. The van der Waals surface area contributed by atoms with Crippen molar-refractivity contribution in [2.24, 2.45) is 0 Å². The molecule has 2 aromatic carbocycles. The van der Waals surface area contributed by atoms with Gasteiger partial charge in [0.05, 0.1) is 6.54 Å². The summed E-state index contributed by atoms with van der Waals surface area (Å²) >= 11 is 0. The number of benzene rings is 2. The summed E-state index contributed by atoms with van der Waals surface area (Å²) in [5.41, 5.74) is 0.392. The van der Waals surface area contributed by atoms with E-state index >= 15 is 0 Å². The largest absolute Gasteiger partial charge is 0.325 e. The zero-order chi connectivity index (χ0) is 17.9. The van der Waals surface area contributed by atoms with E-state index < -0.39 is 11.6 Å². The molecule has 2 aromatic rings. The highest BCUT2D eigenvalue weighted by Crippen LogP contribution is 2.35. The van der Waals surface area contributed by atoms with E-state index in [1.165, 1.54) is 17.0 Å². The van der Waals surface area contributed by atoms with Crippen molar-refractivity contribution in [2.45, 2.75) is 38.3 Å². The van der Waals surface area contributed by atoms with Crippen molar-refractivity contribution in [3.05, 3.63) is 71.5 Å². The molecule has 1 fully saturated rings. The number of halogens is 1. The van der Waals surface area contributed by atoms with Gasteiger partial charge in [-0.3, -0.25) is 9.69 Å². The Bertz CT molecular complexity index is 761. The van der Waals surface area contributed by atoms with E-state index in [9.17, 15) is 14.0 Å². The van der Waals surface area contributed by atoms with Gasteiger partial charge in [-0.15, -0.1) is 0 Å². The molecule has 1 saturated heterocycles. The normalized spacial score (nSPS) is 20.0. The SMILES string of the molecule is CCCCC1(c2ccc(F)cc2)NC(=O)N(Cc2ccccc2)C1=O. The third-order valence-corrected chi connectivity index (χ3v) is 4.60. The predicted octanol–water partition coefficient (Wildman–Crippen LogP) is 3.96. The van der Waals surface area contributed by atoms with Crippen molar-refractivity contribution < 1.29 is 14.0 Å². The molecule has 1 aliphatic rings. The van der Waals surface area contributed by atoms with Crippen molar-refractivity contribution in [1.29, 1.82) is 0 Å². The number of hydrogen-bond donors (Lipinski definition) is 1. The number of hydrogen-bond acceptors (Lipinski definition) is 2. The van der Waals surface area contributed by atoms with E-state index in [1.807, 2.05) is 37.3 Å². The number of nitrogens with one attached hydrogen (secondary N) is 1. The molecule has 1 unspecified atom stereocenters. The van der Waals surface area contributed by atoms with Crippen LogP contribution in [-0.2, 0) is 16.9 Å². The van der Waals surface area contributed by atoms with Crippen molar-refractivity contribution in [1.82, 2.24) is 10.2 Å². The summed E-state index contributed by atoms with van der Waals surface area (Å²) in [4.78, 5) is 27.0. The first kappa shape index (κ1) is 17.1. The third-order valence-electron chi connectivity index (χ3n) is 4.60. The van der Waals surface area contributed by atoms with Crippen LogP contribution in [0.3, 0.4) is 0 Å². The Hall–Kier alpha value is -2.69. The Balaban J connectivity index is 1.94. The number of rotatable bonds is 6. The fraction of sp³-hybridized carbons (Fsp3) is 0.300. The number of carbonyl (C=O) groups excluding carboxylic acids is 2. The first-order valence-electron chi connectivity index (χ1n) is 8.51. The van der Waals surface area contributed by atoms with Crippen molar-refractivity contribution >= 4 is 11.9 Å². The maximum Gasteiger partial charge on any atom is 0.325 e. The van der Waals surface area contributed by atoms with Gasteiger partial charge in [-0.25, -0.2) is 9.18 Å². The van der Waals surface area contributed by atoms with Crippen LogP contribution in [0.15, 0.2) is 54.6 Å². The number of carbonyl (C=O) groups is 2. The van der Waals surface area contributed by atoms with Crippen molar-refractivity contribution in [3.8, 4) is 0 Å². The average molecular weight is 340 g/mol. The monoisotopic (exact) mass is 340 g/mol. The van der Waals surface area contributed by atoms with Crippen LogP contribution in [0, 0.1) is 5.82 Å². The lowest BCUT2D eigenvalue weighted by Crippen LogP contribution is -2.44. The fourth-order valence-electron chi connectivity index (χ4n) is 3.22. The van der Waals surface area contributed by atoms with E-state index in [2.05, 4.69) is 5.32 Å². The summed E-state index contributed by atoms with van der Waals surface area (Å²) in [6.45, 7) is 2.25. The second kappa shape index (κ2) is 7.05. The molecule has 4 nitrogen and oxygen atoms in total. The van der Waals surface area contributed by atoms with Gasteiger partial charge < -0.3 is 5.32 Å². The molecular weight excluding hydrogens is 319 g/mol. The van der Waals surface area contributed by atoms with Gasteiger partial charge in [0.25, 0.3) is 5.91 Å². The molecule has 0 aromatic heterocycles. The van der Waals surface area contributed by atoms with E-state index in [0.29, 0.717) is 12.0 Å². The Labute approximate surface area is 146 Å². The number of imide groups is 1. The highest BCUT2D eigenvalue weighted by atomic mass is 19.1. The second-order valence-electron chi connectivity index (χ2n) is 6.32. The summed E-state index contributed by atoms with van der Waals surface area (Å²) in [6, 6.07) is 14.8. The van der Waals surface area contributed by atoms with Crippen LogP contribution in [-0.4, -0.2) is 16.8 Å². The van der Waals surface area contributed by atoms with Crippen molar-refractivity contribution in [2.75, 3.05) is 0 Å². The molecule has 1 N–H and O–H groups in total. The molecule has 1 heterocycles. The Kier molecular flexibility index (Phi) is 4.83. The summed E-state index contributed by atoms with van der Waals surface area (Å²) in [6.07, 6.45) is 2.17. The Morgan fingerprint density at radius 1 is 1.04 bits per heavy atom. The molecular formula is C20H21FN2O2. The molecule has 1 aliphatic heterocycles. The fourth-order valence-corrected chi connectivity index (χ4v) is 3.22. The van der Waals surface area contributed by atoms with Crippen LogP contribution in [0.5, 0.6) is 0 Å². The molecule has 0 spiro atoms. The van der Waals surface area contributed by atoms with Crippen molar-refractivity contribution in [3.63, 3.8) is 0 Å². The van der Waals surface area contributed by atoms with Crippen LogP contribution in [0.2, 0.25) is 0 Å². The smallest absolute Gasteiger partial charge is 0.319 e. The molecule has 130 valence electrons. The van der Waals surface area contributed by atoms with Gasteiger partial charge in [0.1, 0.15) is 11.4 Å². The van der Waals surface area contributed by atoms with Crippen LogP contribution in [0.1, 0.15) is 37.3 Å². The molecule has 0 radical (unpaired) electrons. The third kappa shape index (κ3) is 3.27. The van der Waals surface area contributed by atoms with Gasteiger partial charge in [-0.1, -0.05) is 62.2 Å². The van der Waals surface area contributed by atoms with Crippen LogP contribution >= 0.6 is 0 Å². The molecule has 5 heteroatoms. The first-order chi connectivity index (χ1) is 12.1. The quantitative estimate of drug-likeness (QED) is 0.809. The minimum absolute atomic E-state index is 0.223. The van der Waals surface area contributed by atoms with E-state index in [4.69, 9.17) is 0 Å². The van der Waals surface area contributed by atoms with Crippen LogP contribution < -0.4 is 5.32 Å². The summed E-state index contributed by atoms with van der Waals surface area (Å²) in [7, 11) is 0. The lowest BCUT2D eigenvalue weighted by atomic mass is 9.84. The van der Waals surface area contributed by atoms with Gasteiger partial charge in [0.2, 0.25) is 0 Å². The van der Waals surface area contributed by atoms with Gasteiger partial charge >= 0.3 is 6.03 Å². The van der Waals surface area contributed by atoms with Crippen LogP contribution in [0.25, 0.3) is 0 Å². The number of unbranched alkanes of at least 4 members (excludes halogenated alkanes) is 1. The minimum Gasteiger partial charge on any atom is -0.319 e. The van der Waals surface area contributed by atoms with Gasteiger partial charge in [-0.05, 0) is 29.7 Å². The Morgan fingerprint density at radius 3 is 2.36 bits per heavy atom. The molecule has 0 aliphatic carbocycles.